The highest BCUT2D eigenvalue weighted by Crippen LogP contribution is 2.33. The lowest BCUT2D eigenvalue weighted by Gasteiger charge is -2.33. The van der Waals surface area contributed by atoms with Gasteiger partial charge in [0.2, 0.25) is 0 Å². The molecule has 4 nitrogen and oxygen atoms in total. The molecule has 1 saturated carbocycles. The minimum absolute atomic E-state index is 0.533. The molecule has 1 aromatic heterocycles. The average molecular weight is 338 g/mol. The van der Waals surface area contributed by atoms with E-state index in [2.05, 4.69) is 63.3 Å². The molecule has 0 radical (unpaired) electrons. The van der Waals surface area contributed by atoms with Crippen LogP contribution in [0.5, 0.6) is 0 Å². The molecule has 1 aliphatic carbocycles. The predicted molar refractivity (Wildman–Crippen MR) is 101 cm³/mol. The van der Waals surface area contributed by atoms with Crippen LogP contribution in [0.2, 0.25) is 0 Å². The monoisotopic (exact) mass is 338 g/mol. The van der Waals surface area contributed by atoms with Gasteiger partial charge in [-0.25, -0.2) is 4.68 Å². The zero-order chi connectivity index (χ0) is 17.1. The Bertz CT molecular complexity index is 652. The Kier molecular flexibility index (Phi) is 5.16. The lowest BCUT2D eigenvalue weighted by molar-refractivity contribution is 0.172. The second-order valence-electron chi connectivity index (χ2n) is 7.95. The first-order chi connectivity index (χ1) is 12.3. The summed E-state index contributed by atoms with van der Waals surface area (Å²) >= 11 is 0. The fourth-order valence-corrected chi connectivity index (χ4v) is 4.52. The third-order valence-electron chi connectivity index (χ3n) is 6.13. The quantitative estimate of drug-likeness (QED) is 0.811. The van der Waals surface area contributed by atoms with E-state index in [-0.39, 0.29) is 0 Å². The molecule has 2 fully saturated rings. The minimum atomic E-state index is 0.533. The van der Waals surface area contributed by atoms with Gasteiger partial charge in [0, 0.05) is 31.7 Å². The van der Waals surface area contributed by atoms with Gasteiger partial charge in [-0.1, -0.05) is 55.3 Å². The van der Waals surface area contributed by atoms with Gasteiger partial charge in [-0.05, 0) is 37.2 Å². The van der Waals surface area contributed by atoms with E-state index in [1.807, 2.05) is 0 Å². The van der Waals surface area contributed by atoms with E-state index in [0.717, 1.165) is 6.54 Å². The SMILES string of the molecule is C[C@H](CN1CCC(n2cc(C3CCCC3)nn2)CC1)c1ccccc1. The van der Waals surface area contributed by atoms with E-state index in [0.29, 0.717) is 17.9 Å². The van der Waals surface area contributed by atoms with Gasteiger partial charge in [0.25, 0.3) is 0 Å². The highest BCUT2D eigenvalue weighted by Gasteiger charge is 2.25. The van der Waals surface area contributed by atoms with Crippen LogP contribution in [-0.4, -0.2) is 39.5 Å². The third kappa shape index (κ3) is 3.95. The molecule has 1 aromatic carbocycles. The van der Waals surface area contributed by atoms with Crippen molar-refractivity contribution in [1.29, 1.82) is 0 Å². The molecule has 4 rings (SSSR count). The summed E-state index contributed by atoms with van der Waals surface area (Å²) in [6.07, 6.45) is 9.93. The van der Waals surface area contributed by atoms with Crippen molar-refractivity contribution in [2.24, 2.45) is 0 Å². The largest absolute Gasteiger partial charge is 0.303 e. The molecule has 25 heavy (non-hydrogen) atoms. The summed E-state index contributed by atoms with van der Waals surface area (Å²) in [6.45, 7) is 5.83. The van der Waals surface area contributed by atoms with Crippen molar-refractivity contribution in [3.8, 4) is 0 Å². The summed E-state index contributed by atoms with van der Waals surface area (Å²) in [4.78, 5) is 2.61. The normalized spacial score (nSPS) is 21.6. The second-order valence-corrected chi connectivity index (χ2v) is 7.95. The maximum atomic E-state index is 4.48. The number of hydrogen-bond donors (Lipinski definition) is 0. The topological polar surface area (TPSA) is 34.0 Å². The van der Waals surface area contributed by atoms with Crippen molar-refractivity contribution >= 4 is 0 Å². The molecule has 0 spiro atoms. The van der Waals surface area contributed by atoms with Gasteiger partial charge in [0.15, 0.2) is 0 Å². The van der Waals surface area contributed by atoms with E-state index >= 15 is 0 Å². The molecule has 4 heteroatoms. The van der Waals surface area contributed by atoms with Crippen molar-refractivity contribution in [2.75, 3.05) is 19.6 Å². The molecule has 0 amide bonds. The molecular weight excluding hydrogens is 308 g/mol. The van der Waals surface area contributed by atoms with Crippen LogP contribution in [0, 0.1) is 0 Å². The number of piperidine rings is 1. The second kappa shape index (κ2) is 7.69. The molecule has 2 heterocycles. The summed E-state index contributed by atoms with van der Waals surface area (Å²) in [7, 11) is 0. The zero-order valence-corrected chi connectivity index (χ0v) is 15.3. The minimum Gasteiger partial charge on any atom is -0.303 e. The van der Waals surface area contributed by atoms with Crippen LogP contribution in [0.15, 0.2) is 36.5 Å². The van der Waals surface area contributed by atoms with Gasteiger partial charge >= 0.3 is 0 Å². The molecule has 1 atom stereocenters. The predicted octanol–water partition coefficient (Wildman–Crippen LogP) is 4.38. The van der Waals surface area contributed by atoms with E-state index in [1.165, 1.54) is 62.9 Å². The summed E-state index contributed by atoms with van der Waals surface area (Å²) < 4.78 is 2.16. The molecule has 1 saturated heterocycles. The maximum absolute atomic E-state index is 4.48. The number of likely N-dealkylation sites (tertiary alicyclic amines) is 1. The fraction of sp³-hybridized carbons (Fsp3) is 0.619. The van der Waals surface area contributed by atoms with E-state index in [1.54, 1.807) is 0 Å². The van der Waals surface area contributed by atoms with Crippen LogP contribution >= 0.6 is 0 Å². The highest BCUT2D eigenvalue weighted by molar-refractivity contribution is 5.19. The lowest BCUT2D eigenvalue weighted by Crippen LogP contribution is -2.37. The molecule has 2 aliphatic rings. The van der Waals surface area contributed by atoms with E-state index < -0.39 is 0 Å². The first kappa shape index (κ1) is 16.8. The van der Waals surface area contributed by atoms with Crippen LogP contribution in [0.1, 0.15) is 74.6 Å². The van der Waals surface area contributed by atoms with Gasteiger partial charge in [-0.15, -0.1) is 5.10 Å². The first-order valence-electron chi connectivity index (χ1n) is 9.98. The van der Waals surface area contributed by atoms with Crippen molar-refractivity contribution < 1.29 is 0 Å². The fourth-order valence-electron chi connectivity index (χ4n) is 4.52. The van der Waals surface area contributed by atoms with Gasteiger partial charge < -0.3 is 4.90 Å². The third-order valence-corrected chi connectivity index (χ3v) is 6.13. The van der Waals surface area contributed by atoms with Crippen LogP contribution in [0.4, 0.5) is 0 Å². The van der Waals surface area contributed by atoms with E-state index in [4.69, 9.17) is 0 Å². The van der Waals surface area contributed by atoms with Crippen LogP contribution in [0.25, 0.3) is 0 Å². The molecule has 0 bridgehead atoms. The molecular formula is C21H30N4. The van der Waals surface area contributed by atoms with Gasteiger partial charge in [-0.2, -0.15) is 0 Å². The van der Waals surface area contributed by atoms with Gasteiger partial charge in [0.05, 0.1) is 11.7 Å². The summed E-state index contributed by atoms with van der Waals surface area (Å²) in [5.41, 5.74) is 2.68. The standard InChI is InChI=1S/C21H30N4/c1-17(18-7-3-2-4-8-18)15-24-13-11-20(12-14-24)25-16-21(22-23-25)19-9-5-6-10-19/h2-4,7-8,16-17,19-20H,5-6,9-15H2,1H3/t17-/m1/s1. The van der Waals surface area contributed by atoms with Gasteiger partial charge in [-0.3, -0.25) is 0 Å². The molecule has 134 valence electrons. The van der Waals surface area contributed by atoms with Crippen molar-refractivity contribution in [3.63, 3.8) is 0 Å². The summed E-state index contributed by atoms with van der Waals surface area (Å²) in [6, 6.07) is 11.4. The van der Waals surface area contributed by atoms with Crippen LogP contribution < -0.4 is 0 Å². The number of rotatable bonds is 5. The zero-order valence-electron chi connectivity index (χ0n) is 15.3. The Morgan fingerprint density at radius 1 is 1.04 bits per heavy atom. The van der Waals surface area contributed by atoms with Crippen molar-refractivity contribution in [1.82, 2.24) is 19.9 Å². The smallest absolute Gasteiger partial charge is 0.0858 e. The Labute approximate surface area is 151 Å². The lowest BCUT2D eigenvalue weighted by atomic mass is 9.98. The summed E-state index contributed by atoms with van der Waals surface area (Å²) in [5, 5.41) is 8.95. The Hall–Kier alpha value is -1.68. The summed E-state index contributed by atoms with van der Waals surface area (Å²) in [5.74, 6) is 1.26. The highest BCUT2D eigenvalue weighted by atomic mass is 15.4. The Morgan fingerprint density at radius 2 is 1.76 bits per heavy atom. The number of aromatic nitrogens is 3. The number of nitrogens with zero attached hydrogens (tertiary/aromatic N) is 4. The maximum Gasteiger partial charge on any atom is 0.0858 e. The molecule has 0 N–H and O–H groups in total. The van der Waals surface area contributed by atoms with Gasteiger partial charge in [0.1, 0.15) is 0 Å². The molecule has 2 aromatic rings. The number of benzene rings is 1. The molecule has 1 aliphatic heterocycles. The van der Waals surface area contributed by atoms with Crippen LogP contribution in [0.3, 0.4) is 0 Å². The first-order valence-corrected chi connectivity index (χ1v) is 9.98. The Balaban J connectivity index is 1.29. The number of hydrogen-bond acceptors (Lipinski definition) is 3. The van der Waals surface area contributed by atoms with E-state index in [9.17, 15) is 0 Å². The van der Waals surface area contributed by atoms with Crippen molar-refractivity contribution in [2.45, 2.75) is 63.3 Å². The average Bonchev–Trinajstić information content (AvgIpc) is 3.35. The van der Waals surface area contributed by atoms with Crippen molar-refractivity contribution in [3.05, 3.63) is 47.8 Å². The molecule has 0 unspecified atom stereocenters. The van der Waals surface area contributed by atoms with Crippen LogP contribution in [-0.2, 0) is 0 Å². The Morgan fingerprint density at radius 3 is 2.48 bits per heavy atom.